The van der Waals surface area contributed by atoms with Crippen molar-refractivity contribution >= 4 is 12.0 Å². The average molecular weight is 257 g/mol. The topological polar surface area (TPSA) is 49.7 Å². The summed E-state index contributed by atoms with van der Waals surface area (Å²) in [4.78, 5) is 15.8. The van der Waals surface area contributed by atoms with Crippen LogP contribution in [0.5, 0.6) is 0 Å². The second-order valence-corrected chi connectivity index (χ2v) is 4.84. The van der Waals surface area contributed by atoms with Crippen molar-refractivity contribution in [3.63, 3.8) is 0 Å². The van der Waals surface area contributed by atoms with E-state index in [1.54, 1.807) is 0 Å². The first kappa shape index (κ1) is 13.5. The summed E-state index contributed by atoms with van der Waals surface area (Å²) in [6.07, 6.45) is 7.28. The molecule has 0 heterocycles. The molecule has 1 N–H and O–H groups in total. The summed E-state index contributed by atoms with van der Waals surface area (Å²) in [5.41, 5.74) is 1.72. The van der Waals surface area contributed by atoms with Gasteiger partial charge < -0.3 is 5.11 Å². The van der Waals surface area contributed by atoms with E-state index in [-0.39, 0.29) is 11.6 Å². The second kappa shape index (κ2) is 6.88. The molecule has 1 aromatic carbocycles. The normalized spacial score (nSPS) is 18.3. The van der Waals surface area contributed by atoms with E-state index in [0.717, 1.165) is 24.7 Å². The van der Waals surface area contributed by atoms with E-state index in [9.17, 15) is 9.90 Å². The Kier molecular flexibility index (Phi) is 4.90. The van der Waals surface area contributed by atoms with E-state index in [1.807, 2.05) is 30.3 Å². The predicted octanol–water partition coefficient (Wildman–Crippen LogP) is 3.45. The number of aliphatic hydroxyl groups excluding tert-OH is 1. The van der Waals surface area contributed by atoms with Crippen LogP contribution in [0.25, 0.3) is 0 Å². The maximum Gasteiger partial charge on any atom is 0.155 e. The second-order valence-electron chi connectivity index (χ2n) is 4.84. The number of nitrogens with zero attached hydrogens (tertiary/aromatic N) is 1. The number of aliphatic imine (C=N–C) groups is 1. The van der Waals surface area contributed by atoms with Crippen molar-refractivity contribution in [2.75, 3.05) is 0 Å². The van der Waals surface area contributed by atoms with Gasteiger partial charge in [-0.1, -0.05) is 49.6 Å². The molecule has 0 spiro atoms. The van der Waals surface area contributed by atoms with Crippen molar-refractivity contribution in [3.05, 3.63) is 47.7 Å². The summed E-state index contributed by atoms with van der Waals surface area (Å²) < 4.78 is 0. The summed E-state index contributed by atoms with van der Waals surface area (Å²) >= 11 is 0. The van der Waals surface area contributed by atoms with E-state index in [1.165, 1.54) is 19.3 Å². The van der Waals surface area contributed by atoms with Crippen LogP contribution in [0.3, 0.4) is 0 Å². The number of aliphatic hydroxyl groups is 1. The molecule has 2 rings (SSSR count). The lowest BCUT2D eigenvalue weighted by Crippen LogP contribution is -2.15. The van der Waals surface area contributed by atoms with E-state index < -0.39 is 0 Å². The summed E-state index contributed by atoms with van der Waals surface area (Å²) in [7, 11) is 0. The van der Waals surface area contributed by atoms with Gasteiger partial charge in [-0.05, 0) is 12.8 Å². The zero-order valence-corrected chi connectivity index (χ0v) is 11.0. The van der Waals surface area contributed by atoms with Gasteiger partial charge in [0.1, 0.15) is 0 Å². The molecule has 100 valence electrons. The number of carbonyl (C=O) groups excluding carboxylic acids is 1. The lowest BCUT2D eigenvalue weighted by Gasteiger charge is -2.19. The minimum absolute atomic E-state index is 0.247. The molecule has 0 saturated heterocycles. The molecule has 0 unspecified atom stereocenters. The molecule has 0 atom stereocenters. The Labute approximate surface area is 113 Å². The lowest BCUT2D eigenvalue weighted by molar-refractivity contribution is -0.104. The fourth-order valence-electron chi connectivity index (χ4n) is 2.45. The van der Waals surface area contributed by atoms with Gasteiger partial charge >= 0.3 is 0 Å². The highest BCUT2D eigenvalue weighted by molar-refractivity contribution is 6.22. The van der Waals surface area contributed by atoms with E-state index >= 15 is 0 Å². The minimum Gasteiger partial charge on any atom is -0.515 e. The third kappa shape index (κ3) is 3.53. The Morgan fingerprint density at radius 1 is 1.16 bits per heavy atom. The largest absolute Gasteiger partial charge is 0.515 e. The number of aldehydes is 1. The fraction of sp³-hybridized carbons (Fsp3) is 0.375. The molecule has 0 radical (unpaired) electrons. The summed E-state index contributed by atoms with van der Waals surface area (Å²) in [5.74, 6) is 0. The minimum atomic E-state index is 0.247. The van der Waals surface area contributed by atoms with E-state index in [0.29, 0.717) is 12.0 Å². The highest BCUT2D eigenvalue weighted by atomic mass is 16.2. The zero-order chi connectivity index (χ0) is 13.5. The Bertz CT molecular complexity index is 471. The maximum absolute atomic E-state index is 11.1. The highest BCUT2D eigenvalue weighted by Crippen LogP contribution is 2.22. The number of benzene rings is 1. The molecule has 0 bridgehead atoms. The number of rotatable bonds is 4. The standard InChI is InChI=1S/C16H19NO2/c18-11-14(12-19)16(13-7-3-1-4-8-13)17-15-9-5-2-6-10-15/h1,3-4,7-8,11-12,15,18H,2,5-6,9-10H2/b14-11+,17-16?. The lowest BCUT2D eigenvalue weighted by atomic mass is 9.95. The average Bonchev–Trinajstić information content (AvgIpc) is 2.49. The molecule has 0 aliphatic heterocycles. The highest BCUT2D eigenvalue weighted by Gasteiger charge is 2.16. The quantitative estimate of drug-likeness (QED) is 0.389. The summed E-state index contributed by atoms with van der Waals surface area (Å²) in [5, 5.41) is 9.21. The molecule has 1 fully saturated rings. The van der Waals surface area contributed by atoms with Crippen molar-refractivity contribution in [2.24, 2.45) is 4.99 Å². The van der Waals surface area contributed by atoms with Gasteiger partial charge in [0, 0.05) is 5.56 Å². The number of hydrogen-bond acceptors (Lipinski definition) is 3. The van der Waals surface area contributed by atoms with Crippen LogP contribution in [-0.2, 0) is 4.79 Å². The van der Waals surface area contributed by atoms with Crippen molar-refractivity contribution in [3.8, 4) is 0 Å². The molecule has 3 nitrogen and oxygen atoms in total. The molecular formula is C16H19NO2. The van der Waals surface area contributed by atoms with Crippen LogP contribution in [0.4, 0.5) is 0 Å². The molecular weight excluding hydrogens is 238 g/mol. The number of hydrogen-bond donors (Lipinski definition) is 1. The van der Waals surface area contributed by atoms with Gasteiger partial charge in [0.25, 0.3) is 0 Å². The van der Waals surface area contributed by atoms with Crippen LogP contribution in [0.2, 0.25) is 0 Å². The molecule has 19 heavy (non-hydrogen) atoms. The summed E-state index contributed by atoms with van der Waals surface area (Å²) in [6, 6.07) is 9.82. The first-order valence-corrected chi connectivity index (χ1v) is 6.78. The van der Waals surface area contributed by atoms with Gasteiger partial charge in [-0.25, -0.2) is 0 Å². The Morgan fingerprint density at radius 3 is 2.42 bits per heavy atom. The molecule has 3 heteroatoms. The third-order valence-electron chi connectivity index (χ3n) is 3.47. The van der Waals surface area contributed by atoms with Gasteiger partial charge in [-0.2, -0.15) is 0 Å². The van der Waals surface area contributed by atoms with Gasteiger partial charge in [-0.15, -0.1) is 0 Å². The van der Waals surface area contributed by atoms with E-state index in [4.69, 9.17) is 4.99 Å². The first-order valence-electron chi connectivity index (χ1n) is 6.78. The van der Waals surface area contributed by atoms with Crippen LogP contribution in [0.1, 0.15) is 37.7 Å². The van der Waals surface area contributed by atoms with Crippen molar-refractivity contribution in [2.45, 2.75) is 38.1 Å². The van der Waals surface area contributed by atoms with Crippen molar-refractivity contribution in [1.29, 1.82) is 0 Å². The van der Waals surface area contributed by atoms with E-state index in [2.05, 4.69) is 0 Å². The van der Waals surface area contributed by atoms with Gasteiger partial charge in [0.05, 0.1) is 23.6 Å². The molecule has 1 aromatic rings. The SMILES string of the molecule is O=C/C(=C\O)C(=NC1CCCCC1)c1ccccc1. The fourth-order valence-corrected chi connectivity index (χ4v) is 2.45. The third-order valence-corrected chi connectivity index (χ3v) is 3.47. The molecule has 1 aliphatic carbocycles. The molecule has 1 saturated carbocycles. The first-order chi connectivity index (χ1) is 9.35. The molecule has 0 amide bonds. The van der Waals surface area contributed by atoms with Gasteiger partial charge in [0.2, 0.25) is 0 Å². The number of allylic oxidation sites excluding steroid dienone is 1. The van der Waals surface area contributed by atoms with Crippen LogP contribution in [-0.4, -0.2) is 23.1 Å². The Hall–Kier alpha value is -1.90. The summed E-state index contributed by atoms with van der Waals surface area (Å²) in [6.45, 7) is 0. The van der Waals surface area contributed by atoms with Crippen molar-refractivity contribution in [1.82, 2.24) is 0 Å². The monoisotopic (exact) mass is 257 g/mol. The van der Waals surface area contributed by atoms with Crippen LogP contribution < -0.4 is 0 Å². The van der Waals surface area contributed by atoms with Crippen LogP contribution in [0.15, 0.2) is 47.2 Å². The number of carbonyl (C=O) groups is 1. The predicted molar refractivity (Wildman–Crippen MR) is 76.6 cm³/mol. The smallest absolute Gasteiger partial charge is 0.155 e. The van der Waals surface area contributed by atoms with Crippen molar-refractivity contribution < 1.29 is 9.90 Å². The maximum atomic E-state index is 11.1. The van der Waals surface area contributed by atoms with Crippen LogP contribution in [0, 0.1) is 0 Å². The molecule has 0 aromatic heterocycles. The zero-order valence-electron chi connectivity index (χ0n) is 11.0. The Balaban J connectivity index is 2.33. The Morgan fingerprint density at radius 2 is 1.84 bits per heavy atom. The van der Waals surface area contributed by atoms with Gasteiger partial charge in [0.15, 0.2) is 6.29 Å². The van der Waals surface area contributed by atoms with Crippen LogP contribution >= 0.6 is 0 Å². The molecule has 1 aliphatic rings. The van der Waals surface area contributed by atoms with Gasteiger partial charge in [-0.3, -0.25) is 9.79 Å².